The lowest BCUT2D eigenvalue weighted by Crippen LogP contribution is -2.31. The molecule has 8 nitrogen and oxygen atoms in total. The molecule has 0 saturated heterocycles. The Bertz CT molecular complexity index is 1000. The Kier molecular flexibility index (Phi) is 6.48. The number of nitrogens with zero attached hydrogens (tertiary/aromatic N) is 3. The van der Waals surface area contributed by atoms with Gasteiger partial charge in [0.25, 0.3) is 5.91 Å². The molecule has 1 unspecified atom stereocenters. The van der Waals surface area contributed by atoms with Crippen molar-refractivity contribution in [3.8, 4) is 0 Å². The minimum atomic E-state index is -0.278. The van der Waals surface area contributed by atoms with Crippen molar-refractivity contribution in [1.82, 2.24) is 20.1 Å². The smallest absolute Gasteiger partial charge is 0.260 e. The molecule has 3 rings (SSSR count). The predicted molar refractivity (Wildman–Crippen MR) is 111 cm³/mol. The standard InChI is InChI=1S/C20H25N5O3S/c1-12(10-25-14(3)7-13(2)24-25)9-21-18(26)8-16-11-29-20(22-16)23-19(27)17-5-6-28-15(17)4/h5-7,11-12H,8-10H2,1-4H3,(H,21,26)(H,22,23,27). The van der Waals surface area contributed by atoms with Gasteiger partial charge in [-0.05, 0) is 38.8 Å². The molecule has 0 fully saturated rings. The van der Waals surface area contributed by atoms with Gasteiger partial charge in [0.2, 0.25) is 5.91 Å². The van der Waals surface area contributed by atoms with E-state index in [4.69, 9.17) is 4.42 Å². The van der Waals surface area contributed by atoms with Crippen molar-refractivity contribution in [1.29, 1.82) is 0 Å². The monoisotopic (exact) mass is 415 g/mol. The van der Waals surface area contributed by atoms with Gasteiger partial charge in [0, 0.05) is 24.2 Å². The van der Waals surface area contributed by atoms with Crippen LogP contribution in [0.25, 0.3) is 0 Å². The van der Waals surface area contributed by atoms with Gasteiger partial charge in [-0.1, -0.05) is 6.92 Å². The van der Waals surface area contributed by atoms with E-state index in [0.717, 1.165) is 17.9 Å². The van der Waals surface area contributed by atoms with Gasteiger partial charge in [0.1, 0.15) is 5.76 Å². The van der Waals surface area contributed by atoms with Crippen molar-refractivity contribution in [2.75, 3.05) is 11.9 Å². The van der Waals surface area contributed by atoms with Crippen LogP contribution in [0.5, 0.6) is 0 Å². The lowest BCUT2D eigenvalue weighted by molar-refractivity contribution is -0.120. The van der Waals surface area contributed by atoms with Crippen LogP contribution in [0.4, 0.5) is 5.13 Å². The van der Waals surface area contributed by atoms with E-state index in [1.807, 2.05) is 24.6 Å². The van der Waals surface area contributed by atoms with E-state index < -0.39 is 0 Å². The van der Waals surface area contributed by atoms with Gasteiger partial charge in [-0.3, -0.25) is 19.6 Å². The summed E-state index contributed by atoms with van der Waals surface area (Å²) < 4.78 is 7.10. The van der Waals surface area contributed by atoms with Crippen molar-refractivity contribution in [3.63, 3.8) is 0 Å². The molecule has 0 aromatic carbocycles. The second kappa shape index (κ2) is 9.04. The number of aromatic nitrogens is 3. The zero-order valence-corrected chi connectivity index (χ0v) is 17.8. The zero-order valence-electron chi connectivity index (χ0n) is 17.0. The maximum absolute atomic E-state index is 12.2. The number of hydrogen-bond donors (Lipinski definition) is 2. The number of anilines is 1. The number of hydrogen-bond acceptors (Lipinski definition) is 6. The average Bonchev–Trinajstić information content (AvgIpc) is 3.35. The van der Waals surface area contributed by atoms with E-state index in [-0.39, 0.29) is 24.2 Å². The van der Waals surface area contributed by atoms with E-state index in [1.54, 1.807) is 18.4 Å². The first-order chi connectivity index (χ1) is 13.8. The lowest BCUT2D eigenvalue weighted by atomic mass is 10.1. The molecule has 3 aromatic heterocycles. The minimum absolute atomic E-state index is 0.0981. The molecular weight excluding hydrogens is 390 g/mol. The first-order valence-electron chi connectivity index (χ1n) is 9.39. The molecule has 0 saturated carbocycles. The number of amides is 2. The molecule has 0 aliphatic rings. The summed E-state index contributed by atoms with van der Waals surface area (Å²) in [7, 11) is 0. The highest BCUT2D eigenvalue weighted by Crippen LogP contribution is 2.18. The zero-order chi connectivity index (χ0) is 21.0. The molecular formula is C20H25N5O3S. The maximum atomic E-state index is 12.2. The number of nitrogens with one attached hydrogen (secondary N) is 2. The largest absolute Gasteiger partial charge is 0.469 e. The van der Waals surface area contributed by atoms with Gasteiger partial charge < -0.3 is 9.73 Å². The molecule has 3 aromatic rings. The number of carbonyl (C=O) groups is 2. The lowest BCUT2D eigenvalue weighted by Gasteiger charge is -2.13. The summed E-state index contributed by atoms with van der Waals surface area (Å²) in [6.07, 6.45) is 1.64. The van der Waals surface area contributed by atoms with E-state index in [9.17, 15) is 9.59 Å². The Hall–Kier alpha value is -2.94. The van der Waals surface area contributed by atoms with Crippen LogP contribution >= 0.6 is 11.3 Å². The average molecular weight is 416 g/mol. The molecule has 0 aliphatic carbocycles. The predicted octanol–water partition coefficient (Wildman–Crippen LogP) is 3.11. The molecule has 2 amide bonds. The van der Waals surface area contributed by atoms with Crippen LogP contribution in [0.1, 0.15) is 40.1 Å². The first-order valence-corrected chi connectivity index (χ1v) is 10.3. The molecule has 154 valence electrons. The summed E-state index contributed by atoms with van der Waals surface area (Å²) in [5, 5.41) is 12.4. The van der Waals surface area contributed by atoms with Gasteiger partial charge in [-0.15, -0.1) is 11.3 Å². The Morgan fingerprint density at radius 3 is 2.76 bits per heavy atom. The van der Waals surface area contributed by atoms with Crippen molar-refractivity contribution in [3.05, 3.63) is 52.2 Å². The van der Waals surface area contributed by atoms with E-state index in [2.05, 4.69) is 27.6 Å². The number of aryl methyl sites for hydroxylation is 3. The molecule has 0 spiro atoms. The molecule has 9 heteroatoms. The van der Waals surface area contributed by atoms with Gasteiger partial charge in [-0.25, -0.2) is 4.98 Å². The van der Waals surface area contributed by atoms with Gasteiger partial charge >= 0.3 is 0 Å². The molecule has 2 N–H and O–H groups in total. The van der Waals surface area contributed by atoms with Crippen LogP contribution in [0.15, 0.2) is 28.2 Å². The molecule has 0 aliphatic heterocycles. The highest BCUT2D eigenvalue weighted by atomic mass is 32.1. The van der Waals surface area contributed by atoms with Crippen LogP contribution in [0.3, 0.4) is 0 Å². The summed E-state index contributed by atoms with van der Waals surface area (Å²) in [6.45, 7) is 9.10. The van der Waals surface area contributed by atoms with Crippen LogP contribution in [-0.2, 0) is 17.8 Å². The third-order valence-corrected chi connectivity index (χ3v) is 5.26. The summed E-state index contributed by atoms with van der Waals surface area (Å²) >= 11 is 1.29. The molecule has 0 radical (unpaired) electrons. The molecule has 1 atom stereocenters. The van der Waals surface area contributed by atoms with Gasteiger partial charge in [0.15, 0.2) is 5.13 Å². The van der Waals surface area contributed by atoms with Crippen LogP contribution in [0.2, 0.25) is 0 Å². The van der Waals surface area contributed by atoms with Crippen molar-refractivity contribution in [2.24, 2.45) is 5.92 Å². The SMILES string of the molecule is Cc1cc(C)n(CC(C)CNC(=O)Cc2csc(NC(=O)c3ccoc3C)n2)n1. The van der Waals surface area contributed by atoms with Gasteiger partial charge in [-0.2, -0.15) is 5.10 Å². The Morgan fingerprint density at radius 2 is 2.10 bits per heavy atom. The normalized spacial score (nSPS) is 12.0. The first kappa shape index (κ1) is 20.8. The fourth-order valence-corrected chi connectivity index (χ4v) is 3.67. The number of thiazole rings is 1. The van der Waals surface area contributed by atoms with Gasteiger partial charge in [0.05, 0.1) is 29.6 Å². The molecule has 29 heavy (non-hydrogen) atoms. The van der Waals surface area contributed by atoms with E-state index in [0.29, 0.717) is 28.7 Å². The number of carbonyl (C=O) groups excluding carboxylic acids is 2. The summed E-state index contributed by atoms with van der Waals surface area (Å²) in [4.78, 5) is 28.7. The Labute approximate surface area is 173 Å². The quantitative estimate of drug-likeness (QED) is 0.589. The third-order valence-electron chi connectivity index (χ3n) is 4.45. The fraction of sp³-hybridized carbons (Fsp3) is 0.400. The summed E-state index contributed by atoms with van der Waals surface area (Å²) in [5.41, 5.74) is 3.20. The topological polar surface area (TPSA) is 102 Å². The van der Waals surface area contributed by atoms with Crippen molar-refractivity contribution in [2.45, 2.75) is 40.7 Å². The van der Waals surface area contributed by atoms with E-state index >= 15 is 0 Å². The highest BCUT2D eigenvalue weighted by molar-refractivity contribution is 7.14. The highest BCUT2D eigenvalue weighted by Gasteiger charge is 2.15. The summed E-state index contributed by atoms with van der Waals surface area (Å²) in [6, 6.07) is 3.65. The van der Waals surface area contributed by atoms with Crippen LogP contribution in [-0.4, -0.2) is 33.1 Å². The summed E-state index contributed by atoms with van der Waals surface area (Å²) in [5.74, 6) is 0.423. The number of rotatable bonds is 8. The van der Waals surface area contributed by atoms with Crippen molar-refractivity contribution < 1.29 is 14.0 Å². The molecule has 3 heterocycles. The third kappa shape index (κ3) is 5.54. The number of furan rings is 1. The minimum Gasteiger partial charge on any atom is -0.469 e. The second-order valence-electron chi connectivity index (χ2n) is 7.18. The fourth-order valence-electron chi connectivity index (χ4n) is 2.97. The van der Waals surface area contributed by atoms with Crippen LogP contribution in [0, 0.1) is 26.7 Å². The van der Waals surface area contributed by atoms with Crippen LogP contribution < -0.4 is 10.6 Å². The maximum Gasteiger partial charge on any atom is 0.260 e. The Balaban J connectivity index is 1.45. The van der Waals surface area contributed by atoms with E-state index in [1.165, 1.54) is 17.6 Å². The molecule has 0 bridgehead atoms. The second-order valence-corrected chi connectivity index (χ2v) is 8.04. The Morgan fingerprint density at radius 1 is 1.31 bits per heavy atom. The van der Waals surface area contributed by atoms with Crippen molar-refractivity contribution >= 4 is 28.3 Å².